The molecule has 0 radical (unpaired) electrons. The summed E-state index contributed by atoms with van der Waals surface area (Å²) in [6.45, 7) is 8.76. The van der Waals surface area contributed by atoms with Gasteiger partial charge in [-0.25, -0.2) is 0 Å². The van der Waals surface area contributed by atoms with E-state index in [1.165, 1.54) is 77.0 Å². The molecule has 0 spiro atoms. The molecule has 0 aliphatic heterocycles. The molecule has 1 N–H and O–H groups in total. The summed E-state index contributed by atoms with van der Waals surface area (Å²) >= 11 is 0. The molecule has 1 unspecified atom stereocenters. The first kappa shape index (κ1) is 29.6. The quantitative estimate of drug-likeness (QED) is 0.0592. The summed E-state index contributed by atoms with van der Waals surface area (Å²) in [5.74, 6) is 0. The largest absolute Gasteiger partial charge is 0.411 e. The molecule has 0 aromatic carbocycles. The fourth-order valence-corrected chi connectivity index (χ4v) is 5.23. The lowest BCUT2D eigenvalue weighted by Gasteiger charge is -2.24. The second kappa shape index (κ2) is 20.5. The molecule has 0 aliphatic carbocycles. The Kier molecular flexibility index (Phi) is 20.3. The van der Waals surface area contributed by atoms with E-state index in [2.05, 4.69) is 19.0 Å². The Bertz CT molecular complexity index is 430. The Balaban J connectivity index is 4.15. The van der Waals surface area contributed by atoms with Crippen LogP contribution >= 0.6 is 7.60 Å². The summed E-state index contributed by atoms with van der Waals surface area (Å²) in [5, 5.41) is 12.3. The zero-order chi connectivity index (χ0) is 22.5. The summed E-state index contributed by atoms with van der Waals surface area (Å²) in [7, 11) is -3.31. The van der Waals surface area contributed by atoms with Gasteiger partial charge in [0.2, 0.25) is 0 Å². The van der Waals surface area contributed by atoms with Gasteiger partial charge in [-0.2, -0.15) is 0 Å². The summed E-state index contributed by atoms with van der Waals surface area (Å²) < 4.78 is 24.8. The van der Waals surface area contributed by atoms with E-state index in [1.54, 1.807) is 13.8 Å². The molecule has 0 saturated heterocycles. The Morgan fingerprint density at radius 3 is 1.40 bits per heavy atom. The lowest BCUT2D eigenvalue weighted by molar-refractivity contribution is 0.195. The van der Waals surface area contributed by atoms with Gasteiger partial charge in [-0.3, -0.25) is 4.57 Å². The molecule has 5 nitrogen and oxygen atoms in total. The molecule has 0 aromatic heterocycles. The minimum Gasteiger partial charge on any atom is -0.411 e. The van der Waals surface area contributed by atoms with Gasteiger partial charge in [-0.05, 0) is 26.7 Å². The Morgan fingerprint density at radius 1 is 0.733 bits per heavy atom. The molecule has 0 fully saturated rings. The third-order valence-electron chi connectivity index (χ3n) is 5.77. The number of rotatable bonds is 22. The monoisotopic (exact) mass is 447 g/mol. The van der Waals surface area contributed by atoms with Crippen LogP contribution in [0.4, 0.5) is 0 Å². The van der Waals surface area contributed by atoms with E-state index >= 15 is 0 Å². The van der Waals surface area contributed by atoms with Crippen LogP contribution in [-0.2, 0) is 13.6 Å². The fraction of sp³-hybridized carbons (Fsp3) is 0.958. The van der Waals surface area contributed by atoms with E-state index in [-0.39, 0.29) is 0 Å². The SMILES string of the molecule is CCCCCCCCCCOP(=O)(OCCCCCCCCCC)C(C)C(C)=NO. The average molecular weight is 448 g/mol. The minimum atomic E-state index is -3.31. The highest BCUT2D eigenvalue weighted by Crippen LogP contribution is 2.53. The molecular formula is C24H50NO4P. The van der Waals surface area contributed by atoms with E-state index in [9.17, 15) is 4.57 Å². The molecule has 0 heterocycles. The molecule has 0 saturated carbocycles. The number of hydrogen-bond donors (Lipinski definition) is 1. The van der Waals surface area contributed by atoms with E-state index in [4.69, 9.17) is 14.3 Å². The van der Waals surface area contributed by atoms with Crippen molar-refractivity contribution in [1.29, 1.82) is 0 Å². The van der Waals surface area contributed by atoms with Crippen LogP contribution in [-0.4, -0.2) is 29.8 Å². The van der Waals surface area contributed by atoms with Gasteiger partial charge in [-0.1, -0.05) is 109 Å². The number of oxime groups is 1. The highest BCUT2D eigenvalue weighted by Gasteiger charge is 2.34. The van der Waals surface area contributed by atoms with Crippen molar-refractivity contribution in [3.63, 3.8) is 0 Å². The van der Waals surface area contributed by atoms with Crippen LogP contribution in [0.2, 0.25) is 0 Å². The normalized spacial score (nSPS) is 13.7. The van der Waals surface area contributed by atoms with Crippen LogP contribution in [0.5, 0.6) is 0 Å². The maximum atomic E-state index is 13.3. The third kappa shape index (κ3) is 15.4. The van der Waals surface area contributed by atoms with Crippen LogP contribution in [0.1, 0.15) is 130 Å². The smallest absolute Gasteiger partial charge is 0.339 e. The molecule has 0 aliphatic rings. The summed E-state index contributed by atoms with van der Waals surface area (Å²) in [4.78, 5) is 0. The van der Waals surface area contributed by atoms with Crippen molar-refractivity contribution in [2.45, 2.75) is 136 Å². The first-order valence-corrected chi connectivity index (χ1v) is 14.2. The van der Waals surface area contributed by atoms with Gasteiger partial charge in [0.1, 0.15) is 0 Å². The van der Waals surface area contributed by atoms with Gasteiger partial charge in [0, 0.05) is 0 Å². The first-order valence-electron chi connectivity index (χ1n) is 12.6. The Morgan fingerprint density at radius 2 is 1.07 bits per heavy atom. The highest BCUT2D eigenvalue weighted by molar-refractivity contribution is 7.55. The second-order valence-electron chi connectivity index (χ2n) is 8.57. The van der Waals surface area contributed by atoms with Gasteiger partial charge in [0.15, 0.2) is 0 Å². The topological polar surface area (TPSA) is 68.1 Å². The number of hydrogen-bond acceptors (Lipinski definition) is 5. The Hall–Kier alpha value is -0.380. The van der Waals surface area contributed by atoms with Crippen LogP contribution in [0.25, 0.3) is 0 Å². The fourth-order valence-electron chi connectivity index (χ4n) is 3.43. The van der Waals surface area contributed by atoms with E-state index in [0.29, 0.717) is 18.9 Å². The van der Waals surface area contributed by atoms with Gasteiger partial charge < -0.3 is 14.3 Å². The van der Waals surface area contributed by atoms with Crippen molar-refractivity contribution in [2.75, 3.05) is 13.2 Å². The lowest BCUT2D eigenvalue weighted by Crippen LogP contribution is -2.18. The summed E-state index contributed by atoms with van der Waals surface area (Å²) in [5.41, 5.74) is -0.129. The van der Waals surface area contributed by atoms with Gasteiger partial charge in [0.05, 0.1) is 24.6 Å². The molecule has 0 rings (SSSR count). The van der Waals surface area contributed by atoms with Crippen LogP contribution in [0.15, 0.2) is 5.16 Å². The number of unbranched alkanes of at least 4 members (excludes halogenated alkanes) is 14. The molecule has 1 atom stereocenters. The van der Waals surface area contributed by atoms with E-state index < -0.39 is 13.3 Å². The minimum absolute atomic E-state index is 0.394. The molecule has 0 amide bonds. The predicted octanol–water partition coefficient (Wildman–Crippen LogP) is 8.73. The predicted molar refractivity (Wildman–Crippen MR) is 129 cm³/mol. The average Bonchev–Trinajstić information content (AvgIpc) is 2.75. The van der Waals surface area contributed by atoms with Gasteiger partial charge in [-0.15, -0.1) is 0 Å². The van der Waals surface area contributed by atoms with Crippen molar-refractivity contribution in [3.8, 4) is 0 Å². The van der Waals surface area contributed by atoms with Crippen molar-refractivity contribution in [2.24, 2.45) is 5.16 Å². The molecule has 6 heteroatoms. The summed E-state index contributed by atoms with van der Waals surface area (Å²) in [6.07, 6.45) is 19.3. The zero-order valence-corrected chi connectivity index (χ0v) is 21.3. The Labute approximate surface area is 186 Å². The van der Waals surface area contributed by atoms with Gasteiger partial charge >= 0.3 is 7.60 Å². The maximum Gasteiger partial charge on any atom is 0.339 e. The van der Waals surface area contributed by atoms with Crippen LogP contribution in [0.3, 0.4) is 0 Å². The van der Waals surface area contributed by atoms with Gasteiger partial charge in [0.25, 0.3) is 0 Å². The molecule has 30 heavy (non-hydrogen) atoms. The van der Waals surface area contributed by atoms with Crippen LogP contribution in [0, 0.1) is 0 Å². The van der Waals surface area contributed by atoms with Crippen molar-refractivity contribution >= 4 is 13.3 Å². The maximum absolute atomic E-state index is 13.3. The molecular weight excluding hydrogens is 397 g/mol. The van der Waals surface area contributed by atoms with Crippen LogP contribution < -0.4 is 0 Å². The number of nitrogens with zero attached hydrogens (tertiary/aromatic N) is 1. The molecule has 0 bridgehead atoms. The van der Waals surface area contributed by atoms with Crippen molar-refractivity contribution in [1.82, 2.24) is 0 Å². The standard InChI is InChI=1S/C24H50NO4P/c1-5-7-9-11-13-15-17-19-21-28-30(27,24(4)23(3)25-26)29-22-20-18-16-14-12-10-8-6-2/h24,26H,5-22H2,1-4H3. The highest BCUT2D eigenvalue weighted by atomic mass is 31.2. The molecule has 180 valence electrons. The third-order valence-corrected chi connectivity index (χ3v) is 8.18. The van der Waals surface area contributed by atoms with E-state index in [1.807, 2.05) is 0 Å². The lowest BCUT2D eigenvalue weighted by atomic mass is 10.1. The zero-order valence-electron chi connectivity index (χ0n) is 20.4. The van der Waals surface area contributed by atoms with E-state index in [0.717, 1.165) is 25.7 Å². The first-order chi connectivity index (χ1) is 14.5. The van der Waals surface area contributed by atoms with Crippen molar-refractivity contribution in [3.05, 3.63) is 0 Å². The van der Waals surface area contributed by atoms with Crippen molar-refractivity contribution < 1.29 is 18.8 Å². The summed E-state index contributed by atoms with van der Waals surface area (Å²) in [6, 6.07) is 0. The second-order valence-corrected chi connectivity index (χ2v) is 10.9. The molecule has 0 aromatic rings.